The molecule has 0 aliphatic carbocycles. The molecule has 0 fully saturated rings. The van der Waals surface area contributed by atoms with Crippen molar-refractivity contribution < 1.29 is 14.0 Å². The lowest BCUT2D eigenvalue weighted by molar-refractivity contribution is 0.355. The number of halogens is 1. The SMILES string of the molecule is COc1ccc(-c2nc(CN)no2)cc1OC.Cl. The number of rotatable bonds is 4. The Labute approximate surface area is 110 Å². The molecule has 7 heteroatoms. The van der Waals surface area contributed by atoms with E-state index in [9.17, 15) is 0 Å². The van der Waals surface area contributed by atoms with Gasteiger partial charge in [-0.05, 0) is 18.2 Å². The van der Waals surface area contributed by atoms with Crippen LogP contribution < -0.4 is 15.2 Å². The summed E-state index contributed by atoms with van der Waals surface area (Å²) < 4.78 is 15.4. The van der Waals surface area contributed by atoms with Crippen LogP contribution in [0, 0.1) is 0 Å². The van der Waals surface area contributed by atoms with E-state index in [2.05, 4.69) is 10.1 Å². The monoisotopic (exact) mass is 271 g/mol. The first-order valence-electron chi connectivity index (χ1n) is 5.03. The third kappa shape index (κ3) is 2.72. The zero-order valence-electron chi connectivity index (χ0n) is 10.0. The molecule has 0 saturated heterocycles. The molecule has 0 spiro atoms. The van der Waals surface area contributed by atoms with Gasteiger partial charge >= 0.3 is 0 Å². The fourth-order valence-corrected chi connectivity index (χ4v) is 1.42. The molecular weight excluding hydrogens is 258 g/mol. The van der Waals surface area contributed by atoms with Crippen molar-refractivity contribution in [1.29, 1.82) is 0 Å². The van der Waals surface area contributed by atoms with Gasteiger partial charge < -0.3 is 19.7 Å². The molecule has 0 saturated carbocycles. The van der Waals surface area contributed by atoms with Crippen molar-refractivity contribution in [3.05, 3.63) is 24.0 Å². The number of benzene rings is 1. The van der Waals surface area contributed by atoms with Crippen LogP contribution in [0.25, 0.3) is 11.5 Å². The van der Waals surface area contributed by atoms with Gasteiger partial charge in [-0.15, -0.1) is 12.4 Å². The maximum absolute atomic E-state index is 5.41. The Kier molecular flexibility index (Phi) is 4.94. The van der Waals surface area contributed by atoms with Gasteiger partial charge in [0.2, 0.25) is 0 Å². The molecule has 0 atom stereocenters. The van der Waals surface area contributed by atoms with E-state index in [1.54, 1.807) is 26.4 Å². The second kappa shape index (κ2) is 6.23. The Morgan fingerprint density at radius 3 is 2.50 bits per heavy atom. The standard InChI is InChI=1S/C11H13N3O3.ClH/c1-15-8-4-3-7(5-9(8)16-2)11-13-10(6-12)14-17-11;/h3-5H,6,12H2,1-2H3;1H. The Bertz CT molecular complexity index is 516. The predicted octanol–water partition coefficient (Wildman–Crippen LogP) is 1.63. The molecule has 1 aromatic heterocycles. The quantitative estimate of drug-likeness (QED) is 0.910. The van der Waals surface area contributed by atoms with Gasteiger partial charge in [-0.1, -0.05) is 5.16 Å². The second-order valence-corrected chi connectivity index (χ2v) is 3.29. The fraction of sp³-hybridized carbons (Fsp3) is 0.273. The van der Waals surface area contributed by atoms with Crippen molar-refractivity contribution in [2.75, 3.05) is 14.2 Å². The zero-order chi connectivity index (χ0) is 12.3. The van der Waals surface area contributed by atoms with Crippen LogP contribution in [0.5, 0.6) is 11.5 Å². The minimum Gasteiger partial charge on any atom is -0.493 e. The van der Waals surface area contributed by atoms with Crippen molar-refractivity contribution in [2.24, 2.45) is 5.73 Å². The summed E-state index contributed by atoms with van der Waals surface area (Å²) in [5.41, 5.74) is 6.17. The molecule has 0 aliphatic rings. The lowest BCUT2D eigenvalue weighted by Gasteiger charge is -2.07. The van der Waals surface area contributed by atoms with Crippen molar-refractivity contribution in [3.63, 3.8) is 0 Å². The highest BCUT2D eigenvalue weighted by Crippen LogP contribution is 2.31. The first-order chi connectivity index (χ1) is 8.28. The summed E-state index contributed by atoms with van der Waals surface area (Å²) in [4.78, 5) is 4.13. The molecule has 98 valence electrons. The van der Waals surface area contributed by atoms with Crippen LogP contribution in [0.4, 0.5) is 0 Å². The first-order valence-corrected chi connectivity index (χ1v) is 5.03. The first kappa shape index (κ1) is 14.3. The summed E-state index contributed by atoms with van der Waals surface area (Å²) in [6, 6.07) is 5.36. The number of hydrogen-bond acceptors (Lipinski definition) is 6. The normalized spacial score (nSPS) is 9.72. The molecule has 0 radical (unpaired) electrons. The van der Waals surface area contributed by atoms with Crippen molar-refractivity contribution in [1.82, 2.24) is 10.1 Å². The van der Waals surface area contributed by atoms with Crippen LogP contribution >= 0.6 is 12.4 Å². The predicted molar refractivity (Wildman–Crippen MR) is 68.0 cm³/mol. The van der Waals surface area contributed by atoms with Crippen LogP contribution in [-0.2, 0) is 6.54 Å². The Balaban J connectivity index is 0.00000162. The third-order valence-electron chi connectivity index (χ3n) is 2.28. The highest BCUT2D eigenvalue weighted by Gasteiger charge is 2.11. The summed E-state index contributed by atoms with van der Waals surface area (Å²) in [5.74, 6) is 2.13. The van der Waals surface area contributed by atoms with E-state index in [0.29, 0.717) is 23.2 Å². The van der Waals surface area contributed by atoms with Crippen LogP contribution in [-0.4, -0.2) is 24.4 Å². The second-order valence-electron chi connectivity index (χ2n) is 3.29. The summed E-state index contributed by atoms with van der Waals surface area (Å²) in [7, 11) is 3.15. The molecule has 6 nitrogen and oxygen atoms in total. The largest absolute Gasteiger partial charge is 0.493 e. The van der Waals surface area contributed by atoms with E-state index in [1.807, 2.05) is 6.07 Å². The molecule has 0 bridgehead atoms. The molecule has 2 aromatic rings. The maximum Gasteiger partial charge on any atom is 0.258 e. The number of nitrogens with two attached hydrogens (primary N) is 1. The van der Waals surface area contributed by atoms with Crippen LogP contribution in [0.15, 0.2) is 22.7 Å². The summed E-state index contributed by atoms with van der Waals surface area (Å²) in [5, 5.41) is 3.73. The van der Waals surface area contributed by atoms with Gasteiger partial charge in [0.25, 0.3) is 5.89 Å². The van der Waals surface area contributed by atoms with Gasteiger partial charge in [-0.25, -0.2) is 0 Å². The molecule has 0 unspecified atom stereocenters. The van der Waals surface area contributed by atoms with E-state index in [1.165, 1.54) is 0 Å². The smallest absolute Gasteiger partial charge is 0.258 e. The van der Waals surface area contributed by atoms with E-state index in [4.69, 9.17) is 19.7 Å². The lowest BCUT2D eigenvalue weighted by Crippen LogP contribution is -1.97. The highest BCUT2D eigenvalue weighted by atomic mass is 35.5. The molecule has 18 heavy (non-hydrogen) atoms. The lowest BCUT2D eigenvalue weighted by atomic mass is 10.2. The molecule has 0 amide bonds. The van der Waals surface area contributed by atoms with Gasteiger partial charge in [-0.2, -0.15) is 4.98 Å². The minimum atomic E-state index is 0. The van der Waals surface area contributed by atoms with Gasteiger partial charge in [0.1, 0.15) is 0 Å². The molecular formula is C11H14ClN3O3. The van der Waals surface area contributed by atoms with Crippen molar-refractivity contribution in [3.8, 4) is 23.0 Å². The summed E-state index contributed by atoms with van der Waals surface area (Å²) in [6.45, 7) is 0.247. The molecule has 0 aliphatic heterocycles. The van der Waals surface area contributed by atoms with E-state index >= 15 is 0 Å². The minimum absolute atomic E-state index is 0. The third-order valence-corrected chi connectivity index (χ3v) is 2.28. The number of methoxy groups -OCH3 is 2. The molecule has 2 rings (SSSR count). The summed E-state index contributed by atoms with van der Waals surface area (Å²) >= 11 is 0. The van der Waals surface area contributed by atoms with Crippen LogP contribution in [0.2, 0.25) is 0 Å². The van der Waals surface area contributed by atoms with Crippen molar-refractivity contribution in [2.45, 2.75) is 6.54 Å². The molecule has 2 N–H and O–H groups in total. The van der Waals surface area contributed by atoms with Crippen LogP contribution in [0.3, 0.4) is 0 Å². The number of hydrogen-bond donors (Lipinski definition) is 1. The number of ether oxygens (including phenoxy) is 2. The average Bonchev–Trinajstić information content (AvgIpc) is 2.86. The maximum atomic E-state index is 5.41. The highest BCUT2D eigenvalue weighted by molar-refractivity contribution is 5.85. The van der Waals surface area contributed by atoms with Gasteiger partial charge in [-0.3, -0.25) is 0 Å². The Hall–Kier alpha value is -1.79. The number of nitrogens with zero attached hydrogens (tertiary/aromatic N) is 2. The van der Waals surface area contributed by atoms with Crippen molar-refractivity contribution >= 4 is 12.4 Å². The Morgan fingerprint density at radius 2 is 1.94 bits per heavy atom. The topological polar surface area (TPSA) is 83.4 Å². The van der Waals surface area contributed by atoms with E-state index < -0.39 is 0 Å². The molecule has 1 aromatic carbocycles. The van der Waals surface area contributed by atoms with Gasteiger partial charge in [0.05, 0.1) is 20.8 Å². The Morgan fingerprint density at radius 1 is 1.22 bits per heavy atom. The average molecular weight is 272 g/mol. The van der Waals surface area contributed by atoms with Gasteiger partial charge in [0, 0.05) is 5.56 Å². The molecule has 1 heterocycles. The van der Waals surface area contributed by atoms with Gasteiger partial charge in [0.15, 0.2) is 17.3 Å². The number of aromatic nitrogens is 2. The van der Waals surface area contributed by atoms with E-state index in [0.717, 1.165) is 5.56 Å². The zero-order valence-corrected chi connectivity index (χ0v) is 10.9. The summed E-state index contributed by atoms with van der Waals surface area (Å²) in [6.07, 6.45) is 0. The van der Waals surface area contributed by atoms with E-state index in [-0.39, 0.29) is 19.0 Å². The fourth-order valence-electron chi connectivity index (χ4n) is 1.42. The van der Waals surface area contributed by atoms with Crippen LogP contribution in [0.1, 0.15) is 5.82 Å².